The molecule has 2 unspecified atom stereocenters. The Hall–Kier alpha value is -0.723. The predicted octanol–water partition coefficient (Wildman–Crippen LogP) is 1.72. The van der Waals surface area contributed by atoms with Crippen LogP contribution in [0.2, 0.25) is 0 Å². The van der Waals surface area contributed by atoms with Crippen LogP contribution < -0.4 is 0 Å². The first-order valence-electron chi connectivity index (χ1n) is 6.69. The van der Waals surface area contributed by atoms with Crippen molar-refractivity contribution in [2.45, 2.75) is 18.5 Å². The molecule has 0 radical (unpaired) electrons. The number of hydrogen-bond donors (Lipinski definition) is 0. The molecule has 0 aliphatic carbocycles. The van der Waals surface area contributed by atoms with E-state index in [0.29, 0.717) is 5.67 Å². The van der Waals surface area contributed by atoms with Crippen LogP contribution in [0.4, 0.5) is 0 Å². The van der Waals surface area contributed by atoms with Gasteiger partial charge in [-0.05, 0) is 24.9 Å². The minimum atomic E-state index is -2.45. The Kier molecular flexibility index (Phi) is 5.12. The first-order valence-corrected chi connectivity index (χ1v) is 8.49. The largest absolute Gasteiger partial charge is 0.519 e. The molecule has 106 valence electrons. The van der Waals surface area contributed by atoms with Crippen molar-refractivity contribution < 1.29 is 13.3 Å². The van der Waals surface area contributed by atoms with Gasteiger partial charge in [-0.25, -0.2) is 0 Å². The molecule has 0 aromatic heterocycles. The van der Waals surface area contributed by atoms with Crippen molar-refractivity contribution >= 4 is 8.80 Å². The van der Waals surface area contributed by atoms with Gasteiger partial charge in [-0.2, -0.15) is 0 Å². The molecule has 5 heteroatoms. The number of aryl methyl sites for hydroxylation is 1. The average molecular weight is 281 g/mol. The predicted molar refractivity (Wildman–Crippen MR) is 76.9 cm³/mol. The maximum atomic E-state index is 5.51. The molecule has 1 aromatic carbocycles. The van der Waals surface area contributed by atoms with Crippen LogP contribution in [0.25, 0.3) is 0 Å². The second-order valence-electron chi connectivity index (χ2n) is 4.82. The Morgan fingerprint density at radius 2 is 1.74 bits per heavy atom. The van der Waals surface area contributed by atoms with Crippen LogP contribution in [0.3, 0.4) is 0 Å². The molecule has 0 bridgehead atoms. The molecule has 1 aliphatic heterocycles. The lowest BCUT2D eigenvalue weighted by atomic mass is 10.1. The maximum absolute atomic E-state index is 5.51. The number of hydrogen-bond acceptors (Lipinski definition) is 4. The lowest BCUT2D eigenvalue weighted by Gasteiger charge is -2.24. The Balaban J connectivity index is 1.75. The van der Waals surface area contributed by atoms with Gasteiger partial charge in [0.25, 0.3) is 0 Å². The summed E-state index contributed by atoms with van der Waals surface area (Å²) in [6, 6.07) is 10.6. The Morgan fingerprint density at radius 3 is 2.32 bits per heavy atom. The third-order valence-electron chi connectivity index (χ3n) is 3.73. The minimum Gasteiger partial charge on any atom is -0.376 e. The third-order valence-corrected chi connectivity index (χ3v) is 6.80. The molecule has 1 saturated heterocycles. The zero-order valence-electron chi connectivity index (χ0n) is 12.0. The van der Waals surface area contributed by atoms with E-state index in [-0.39, 0.29) is 0 Å². The van der Waals surface area contributed by atoms with Crippen molar-refractivity contribution in [2.75, 3.05) is 34.4 Å². The van der Waals surface area contributed by atoms with E-state index in [1.165, 1.54) is 5.56 Å². The van der Waals surface area contributed by atoms with Crippen LogP contribution in [0, 0.1) is 0 Å². The minimum absolute atomic E-state index is 0.336. The van der Waals surface area contributed by atoms with E-state index >= 15 is 0 Å². The summed E-state index contributed by atoms with van der Waals surface area (Å²) in [4.78, 5) is 2.38. The number of benzene rings is 1. The molecular weight excluding hydrogens is 258 g/mol. The fourth-order valence-corrected chi connectivity index (χ4v) is 4.90. The van der Waals surface area contributed by atoms with Crippen LogP contribution in [0.1, 0.15) is 12.0 Å². The van der Waals surface area contributed by atoms with Gasteiger partial charge in [0.15, 0.2) is 0 Å². The van der Waals surface area contributed by atoms with E-state index in [4.69, 9.17) is 13.3 Å². The van der Waals surface area contributed by atoms with Crippen LogP contribution in [-0.4, -0.2) is 53.8 Å². The third kappa shape index (κ3) is 3.43. The standard InChI is InChI=1S/C14H23NO3Si/c1-16-19(17-2,18-3)14-12-15(14)11-7-10-13-8-5-4-6-9-13/h4-6,8-9,14H,7,10-12H2,1-3H3. The highest BCUT2D eigenvalue weighted by Crippen LogP contribution is 2.29. The van der Waals surface area contributed by atoms with Crippen molar-refractivity contribution in [1.29, 1.82) is 0 Å². The summed E-state index contributed by atoms with van der Waals surface area (Å²) in [6.45, 7) is 2.10. The van der Waals surface area contributed by atoms with Gasteiger partial charge in [0, 0.05) is 27.9 Å². The summed E-state index contributed by atoms with van der Waals surface area (Å²) < 4.78 is 16.5. The molecule has 0 N–H and O–H groups in total. The second-order valence-corrected chi connectivity index (χ2v) is 7.91. The van der Waals surface area contributed by atoms with E-state index < -0.39 is 8.80 Å². The molecule has 2 rings (SSSR count). The zero-order valence-corrected chi connectivity index (χ0v) is 13.0. The van der Waals surface area contributed by atoms with Gasteiger partial charge in [-0.1, -0.05) is 30.3 Å². The first kappa shape index (κ1) is 14.7. The molecule has 1 fully saturated rings. The summed E-state index contributed by atoms with van der Waals surface area (Å²) >= 11 is 0. The highest BCUT2D eigenvalue weighted by atomic mass is 28.4. The van der Waals surface area contributed by atoms with Crippen LogP contribution >= 0.6 is 0 Å². The monoisotopic (exact) mass is 281 g/mol. The quantitative estimate of drug-likeness (QED) is 0.536. The number of nitrogens with zero attached hydrogens (tertiary/aromatic N) is 1. The van der Waals surface area contributed by atoms with Crippen molar-refractivity contribution in [3.63, 3.8) is 0 Å². The van der Waals surface area contributed by atoms with E-state index in [9.17, 15) is 0 Å². The lowest BCUT2D eigenvalue weighted by molar-refractivity contribution is 0.117. The highest BCUT2D eigenvalue weighted by molar-refractivity contribution is 6.63. The molecule has 1 aromatic rings. The molecule has 2 atom stereocenters. The van der Waals surface area contributed by atoms with Crippen LogP contribution in [0.5, 0.6) is 0 Å². The van der Waals surface area contributed by atoms with Gasteiger partial charge in [-0.3, -0.25) is 4.90 Å². The van der Waals surface area contributed by atoms with Crippen molar-refractivity contribution in [3.05, 3.63) is 35.9 Å². The van der Waals surface area contributed by atoms with Crippen molar-refractivity contribution in [3.8, 4) is 0 Å². The van der Waals surface area contributed by atoms with E-state index in [2.05, 4.69) is 35.2 Å². The zero-order chi connectivity index (χ0) is 13.7. The van der Waals surface area contributed by atoms with Crippen molar-refractivity contribution in [1.82, 2.24) is 4.90 Å². The maximum Gasteiger partial charge on any atom is 0.519 e. The van der Waals surface area contributed by atoms with E-state index in [1.54, 1.807) is 21.3 Å². The van der Waals surface area contributed by atoms with Gasteiger partial charge >= 0.3 is 8.80 Å². The fraction of sp³-hybridized carbons (Fsp3) is 0.571. The molecular formula is C14H23NO3Si. The van der Waals surface area contributed by atoms with Gasteiger partial charge in [0.1, 0.15) is 0 Å². The number of rotatable bonds is 8. The molecule has 4 nitrogen and oxygen atoms in total. The Labute approximate surface area is 116 Å². The van der Waals surface area contributed by atoms with Gasteiger partial charge < -0.3 is 13.3 Å². The summed E-state index contributed by atoms with van der Waals surface area (Å²) in [7, 11) is 2.59. The normalized spacial score (nSPS) is 22.5. The average Bonchev–Trinajstić information content (AvgIpc) is 3.23. The molecule has 0 spiro atoms. The van der Waals surface area contributed by atoms with Gasteiger partial charge in [0.05, 0.1) is 5.67 Å². The lowest BCUT2D eigenvalue weighted by Crippen LogP contribution is -2.50. The highest BCUT2D eigenvalue weighted by Gasteiger charge is 2.58. The van der Waals surface area contributed by atoms with Gasteiger partial charge in [-0.15, -0.1) is 0 Å². The summed E-state index contributed by atoms with van der Waals surface area (Å²) in [5.74, 6) is 0. The second kappa shape index (κ2) is 6.63. The van der Waals surface area contributed by atoms with E-state index in [1.807, 2.05) is 0 Å². The van der Waals surface area contributed by atoms with Crippen molar-refractivity contribution in [2.24, 2.45) is 0 Å². The molecule has 19 heavy (non-hydrogen) atoms. The topological polar surface area (TPSA) is 30.7 Å². The molecule has 0 saturated carbocycles. The molecule has 1 heterocycles. The summed E-state index contributed by atoms with van der Waals surface area (Å²) in [5, 5.41) is 0. The fourth-order valence-electron chi connectivity index (χ4n) is 2.55. The first-order chi connectivity index (χ1) is 9.25. The SMILES string of the molecule is CO[Si](OC)(OC)C1CN1CCCc1ccccc1. The Morgan fingerprint density at radius 1 is 1.11 bits per heavy atom. The van der Waals surface area contributed by atoms with Gasteiger partial charge in [0.2, 0.25) is 0 Å². The summed E-state index contributed by atoms with van der Waals surface area (Å²) in [5.41, 5.74) is 1.73. The summed E-state index contributed by atoms with van der Waals surface area (Å²) in [6.07, 6.45) is 2.27. The molecule has 0 amide bonds. The smallest absolute Gasteiger partial charge is 0.376 e. The van der Waals surface area contributed by atoms with Crippen LogP contribution in [0.15, 0.2) is 30.3 Å². The van der Waals surface area contributed by atoms with E-state index in [0.717, 1.165) is 25.9 Å². The Bertz CT molecular complexity index is 375. The molecule has 1 aliphatic rings. The van der Waals surface area contributed by atoms with Crippen LogP contribution in [-0.2, 0) is 19.7 Å².